The first-order valence-electron chi connectivity index (χ1n) is 11.7. The monoisotopic (exact) mass is 573 g/mol. The number of hydrogen-bond acceptors (Lipinski definition) is 7. The molecule has 16 heteroatoms. The van der Waals surface area contributed by atoms with Crippen LogP contribution in [0.2, 0.25) is 0 Å². The number of carboxylic acid groups (broad SMARTS) is 2. The summed E-state index contributed by atoms with van der Waals surface area (Å²) in [5.41, 5.74) is 2.69. The van der Waals surface area contributed by atoms with Gasteiger partial charge in [0.2, 0.25) is 0 Å². The second-order valence-electron chi connectivity index (χ2n) is 8.67. The summed E-state index contributed by atoms with van der Waals surface area (Å²) in [7, 11) is 1.78. The second-order valence-corrected chi connectivity index (χ2v) is 8.67. The van der Waals surface area contributed by atoms with Crippen LogP contribution in [-0.2, 0) is 38.6 Å². The van der Waals surface area contributed by atoms with Crippen LogP contribution >= 0.6 is 0 Å². The van der Waals surface area contributed by atoms with Crippen molar-refractivity contribution in [2.45, 2.75) is 50.7 Å². The zero-order valence-electron chi connectivity index (χ0n) is 20.9. The molecule has 0 aliphatic carbocycles. The van der Waals surface area contributed by atoms with Crippen molar-refractivity contribution in [3.05, 3.63) is 41.6 Å². The maximum absolute atomic E-state index is 10.6. The van der Waals surface area contributed by atoms with Crippen molar-refractivity contribution in [1.82, 2.24) is 14.7 Å². The lowest BCUT2D eigenvalue weighted by Crippen LogP contribution is -2.38. The minimum Gasteiger partial charge on any atom is -0.475 e. The van der Waals surface area contributed by atoms with Crippen LogP contribution in [0.5, 0.6) is 0 Å². The molecular weight excluding hydrogens is 544 g/mol. The Morgan fingerprint density at radius 3 is 2.18 bits per heavy atom. The third kappa shape index (κ3) is 10.2. The Labute approximate surface area is 219 Å². The van der Waals surface area contributed by atoms with E-state index in [1.807, 2.05) is 12.1 Å². The van der Waals surface area contributed by atoms with Gasteiger partial charge in [0.25, 0.3) is 0 Å². The highest BCUT2D eigenvalue weighted by Crippen LogP contribution is 2.32. The molecule has 2 aliphatic rings. The molecule has 0 spiro atoms. The van der Waals surface area contributed by atoms with Gasteiger partial charge in [0, 0.05) is 33.4 Å². The molecule has 2 N–H and O–H groups in total. The molecule has 2 aliphatic heterocycles. The molecule has 1 unspecified atom stereocenters. The zero-order chi connectivity index (χ0) is 29.2. The van der Waals surface area contributed by atoms with Crippen molar-refractivity contribution in [2.75, 3.05) is 33.5 Å². The lowest BCUT2D eigenvalue weighted by atomic mass is 9.97. The predicted octanol–water partition coefficient (Wildman–Crippen LogP) is 3.92. The Morgan fingerprint density at radius 2 is 1.69 bits per heavy atom. The van der Waals surface area contributed by atoms with Crippen LogP contribution < -0.4 is 0 Å². The molecule has 0 bridgehead atoms. The number of rotatable bonds is 6. The van der Waals surface area contributed by atoms with Crippen molar-refractivity contribution in [3.63, 3.8) is 0 Å². The number of aromatic nitrogens is 2. The quantitative estimate of drug-likeness (QED) is 0.495. The first-order chi connectivity index (χ1) is 18.2. The van der Waals surface area contributed by atoms with E-state index in [1.54, 1.807) is 13.4 Å². The number of ether oxygens (including phenoxy) is 2. The molecule has 220 valence electrons. The first kappa shape index (κ1) is 32.1. The van der Waals surface area contributed by atoms with Crippen molar-refractivity contribution in [2.24, 2.45) is 5.92 Å². The van der Waals surface area contributed by atoms with Gasteiger partial charge < -0.3 is 24.1 Å². The van der Waals surface area contributed by atoms with Gasteiger partial charge in [0.15, 0.2) is 0 Å². The number of carboxylic acids is 2. The maximum atomic E-state index is 10.6. The Kier molecular flexibility index (Phi) is 11.8. The number of nitrogens with zero attached hydrogens (tertiary/aromatic N) is 3. The standard InChI is InChI=1S/C19H27N3O3.2C2HF3O2/c1-23-14-18-19-16(4-7-21(18)13-17-3-2-8-25-17)11-20-22(19)12-15-5-9-24-10-6-15;2*3-2(4,5)1(6)7/h2-3,8,11,15,18H,4-7,9-10,12-14H2,1H3;2*(H,6,7). The van der Waals surface area contributed by atoms with E-state index in [-0.39, 0.29) is 6.04 Å². The van der Waals surface area contributed by atoms with Crippen LogP contribution in [-0.4, -0.2) is 82.7 Å². The van der Waals surface area contributed by atoms with Gasteiger partial charge in [-0.15, -0.1) is 0 Å². The third-order valence-electron chi connectivity index (χ3n) is 5.91. The Bertz CT molecular complexity index is 1010. The number of fused-ring (bicyclic) bond motifs is 1. The van der Waals surface area contributed by atoms with Crippen molar-refractivity contribution >= 4 is 11.9 Å². The second kappa shape index (κ2) is 14.3. The number of halogens is 6. The van der Waals surface area contributed by atoms with Gasteiger partial charge in [-0.25, -0.2) is 9.59 Å². The van der Waals surface area contributed by atoms with Gasteiger partial charge in [-0.2, -0.15) is 31.4 Å². The molecule has 10 nitrogen and oxygen atoms in total. The van der Waals surface area contributed by atoms with Crippen molar-refractivity contribution in [3.8, 4) is 0 Å². The Hall–Kier alpha value is -3.11. The van der Waals surface area contributed by atoms with Crippen molar-refractivity contribution in [1.29, 1.82) is 0 Å². The molecule has 4 rings (SSSR count). The van der Waals surface area contributed by atoms with E-state index in [2.05, 4.69) is 15.8 Å². The van der Waals surface area contributed by atoms with E-state index in [1.165, 1.54) is 11.3 Å². The predicted molar refractivity (Wildman–Crippen MR) is 121 cm³/mol. The van der Waals surface area contributed by atoms with E-state index in [4.69, 9.17) is 38.8 Å². The summed E-state index contributed by atoms with van der Waals surface area (Å²) >= 11 is 0. The molecule has 1 saturated heterocycles. The summed E-state index contributed by atoms with van der Waals surface area (Å²) in [6.45, 7) is 5.22. The summed E-state index contributed by atoms with van der Waals surface area (Å²) < 4.78 is 82.3. The van der Waals surface area contributed by atoms with Crippen LogP contribution in [0.4, 0.5) is 26.3 Å². The van der Waals surface area contributed by atoms with Gasteiger partial charge in [-0.3, -0.25) is 9.58 Å². The highest BCUT2D eigenvalue weighted by molar-refractivity contribution is 5.73. The average molecular weight is 573 g/mol. The van der Waals surface area contributed by atoms with E-state index < -0.39 is 24.3 Å². The van der Waals surface area contributed by atoms with Gasteiger partial charge in [0.05, 0.1) is 37.3 Å². The molecule has 0 radical (unpaired) electrons. The maximum Gasteiger partial charge on any atom is 0.490 e. The molecule has 0 amide bonds. The van der Waals surface area contributed by atoms with Gasteiger partial charge in [-0.1, -0.05) is 0 Å². The molecule has 0 aromatic carbocycles. The first-order valence-corrected chi connectivity index (χ1v) is 11.7. The number of methoxy groups -OCH3 is 1. The molecule has 2 aromatic rings. The number of carbonyl (C=O) groups is 2. The fourth-order valence-corrected chi connectivity index (χ4v) is 4.06. The highest BCUT2D eigenvalue weighted by atomic mass is 19.4. The molecule has 2 aromatic heterocycles. The van der Waals surface area contributed by atoms with Crippen LogP contribution in [0.25, 0.3) is 0 Å². The zero-order valence-corrected chi connectivity index (χ0v) is 20.9. The normalized spacial score (nSPS) is 18.3. The average Bonchev–Trinajstić information content (AvgIpc) is 3.51. The molecule has 4 heterocycles. The highest BCUT2D eigenvalue weighted by Gasteiger charge is 2.39. The van der Waals surface area contributed by atoms with E-state index in [9.17, 15) is 26.3 Å². The molecule has 1 fully saturated rings. The van der Waals surface area contributed by atoms with Crippen LogP contribution in [0.1, 0.15) is 35.9 Å². The minimum absolute atomic E-state index is 0.223. The SMILES string of the molecule is COCC1c2c(cnn2CC2CCOCC2)CCN1Cc1ccco1.O=C(O)C(F)(F)F.O=C(O)C(F)(F)F. The fraction of sp³-hybridized carbons (Fsp3) is 0.609. The number of aliphatic carboxylic acids is 2. The number of alkyl halides is 6. The molecule has 39 heavy (non-hydrogen) atoms. The van der Waals surface area contributed by atoms with Gasteiger partial charge >= 0.3 is 24.3 Å². The molecule has 0 saturated carbocycles. The van der Waals surface area contributed by atoms with Crippen molar-refractivity contribution < 1.29 is 60.0 Å². The summed E-state index contributed by atoms with van der Waals surface area (Å²) in [4.78, 5) is 20.2. The van der Waals surface area contributed by atoms with E-state index in [0.717, 1.165) is 57.9 Å². The minimum atomic E-state index is -5.08. The molecular formula is C23H29F6N3O7. The Balaban J connectivity index is 0.000000317. The molecule has 1 atom stereocenters. The van der Waals surface area contributed by atoms with Crippen LogP contribution in [0.15, 0.2) is 29.0 Å². The topological polar surface area (TPSA) is 127 Å². The summed E-state index contributed by atoms with van der Waals surface area (Å²) in [6.07, 6.45) is -3.09. The third-order valence-corrected chi connectivity index (χ3v) is 5.91. The summed E-state index contributed by atoms with van der Waals surface area (Å²) in [6, 6.07) is 4.21. The Morgan fingerprint density at radius 1 is 1.10 bits per heavy atom. The van der Waals surface area contributed by atoms with Crippen LogP contribution in [0, 0.1) is 5.92 Å². The summed E-state index contributed by atoms with van der Waals surface area (Å²) in [5.74, 6) is -3.86. The van der Waals surface area contributed by atoms with E-state index >= 15 is 0 Å². The number of hydrogen-bond donors (Lipinski definition) is 2. The summed E-state index contributed by atoms with van der Waals surface area (Å²) in [5, 5.41) is 19.0. The van der Waals surface area contributed by atoms with Gasteiger partial charge in [-0.05, 0) is 42.9 Å². The fourth-order valence-electron chi connectivity index (χ4n) is 4.06. The smallest absolute Gasteiger partial charge is 0.475 e. The lowest BCUT2D eigenvalue weighted by Gasteiger charge is -2.36. The largest absolute Gasteiger partial charge is 0.490 e. The number of furan rings is 1. The lowest BCUT2D eigenvalue weighted by molar-refractivity contribution is -0.193. The van der Waals surface area contributed by atoms with E-state index in [0.29, 0.717) is 12.5 Å². The van der Waals surface area contributed by atoms with Gasteiger partial charge in [0.1, 0.15) is 5.76 Å². The van der Waals surface area contributed by atoms with Crippen LogP contribution in [0.3, 0.4) is 0 Å².